The SMILES string of the molecule is C=CCCO[C@@H](C)C(=O)N1CCC[C@H]1c1ccc(OC)cc1. The number of ether oxygens (including phenoxy) is 2. The van der Waals surface area contributed by atoms with Gasteiger partial charge in [-0.25, -0.2) is 0 Å². The van der Waals surface area contributed by atoms with E-state index >= 15 is 0 Å². The van der Waals surface area contributed by atoms with Gasteiger partial charge in [-0.3, -0.25) is 4.79 Å². The summed E-state index contributed by atoms with van der Waals surface area (Å²) in [4.78, 5) is 14.5. The molecule has 0 bridgehead atoms. The van der Waals surface area contributed by atoms with Crippen LogP contribution in [0.3, 0.4) is 0 Å². The van der Waals surface area contributed by atoms with Crippen LogP contribution in [0.15, 0.2) is 36.9 Å². The Bertz CT molecular complexity index is 498. The summed E-state index contributed by atoms with van der Waals surface area (Å²) in [7, 11) is 1.66. The number of hydrogen-bond acceptors (Lipinski definition) is 3. The molecule has 120 valence electrons. The van der Waals surface area contributed by atoms with Crippen LogP contribution < -0.4 is 4.74 Å². The van der Waals surface area contributed by atoms with Crippen molar-refractivity contribution in [3.63, 3.8) is 0 Å². The van der Waals surface area contributed by atoms with Gasteiger partial charge in [0.25, 0.3) is 5.91 Å². The number of likely N-dealkylation sites (tertiary alicyclic amines) is 1. The molecule has 1 aromatic rings. The Morgan fingerprint density at radius 2 is 2.18 bits per heavy atom. The van der Waals surface area contributed by atoms with Crippen LogP contribution in [0.4, 0.5) is 0 Å². The number of methoxy groups -OCH3 is 1. The van der Waals surface area contributed by atoms with Crippen molar-refractivity contribution >= 4 is 5.91 Å². The second-order valence-electron chi connectivity index (χ2n) is 5.55. The lowest BCUT2D eigenvalue weighted by Gasteiger charge is -2.28. The third kappa shape index (κ3) is 3.89. The topological polar surface area (TPSA) is 38.8 Å². The van der Waals surface area contributed by atoms with Gasteiger partial charge in [0.1, 0.15) is 11.9 Å². The molecule has 1 amide bonds. The number of amides is 1. The van der Waals surface area contributed by atoms with Gasteiger partial charge in [0, 0.05) is 6.54 Å². The molecule has 22 heavy (non-hydrogen) atoms. The van der Waals surface area contributed by atoms with Crippen molar-refractivity contribution in [1.29, 1.82) is 0 Å². The summed E-state index contributed by atoms with van der Waals surface area (Å²) in [6, 6.07) is 8.11. The first kappa shape index (κ1) is 16.6. The standard InChI is InChI=1S/C18H25NO3/c1-4-5-13-22-14(2)18(20)19-12-6-7-17(19)15-8-10-16(21-3)11-9-15/h4,8-11,14,17H,1,5-7,12-13H2,2-3H3/t14-,17-/m0/s1. The molecule has 0 radical (unpaired) electrons. The second-order valence-corrected chi connectivity index (χ2v) is 5.55. The quantitative estimate of drug-likeness (QED) is 0.573. The fourth-order valence-electron chi connectivity index (χ4n) is 2.84. The lowest BCUT2D eigenvalue weighted by Crippen LogP contribution is -2.38. The Morgan fingerprint density at radius 1 is 1.45 bits per heavy atom. The smallest absolute Gasteiger partial charge is 0.251 e. The molecule has 0 aromatic heterocycles. The zero-order valence-corrected chi connectivity index (χ0v) is 13.5. The molecule has 1 heterocycles. The molecule has 1 saturated heterocycles. The van der Waals surface area contributed by atoms with E-state index in [1.54, 1.807) is 13.2 Å². The highest BCUT2D eigenvalue weighted by atomic mass is 16.5. The maximum absolute atomic E-state index is 12.6. The first-order valence-corrected chi connectivity index (χ1v) is 7.84. The van der Waals surface area contributed by atoms with Gasteiger partial charge in [-0.2, -0.15) is 0 Å². The van der Waals surface area contributed by atoms with Crippen LogP contribution in [0.5, 0.6) is 5.75 Å². The van der Waals surface area contributed by atoms with Gasteiger partial charge in [-0.15, -0.1) is 6.58 Å². The van der Waals surface area contributed by atoms with Crippen molar-refractivity contribution in [2.45, 2.75) is 38.3 Å². The van der Waals surface area contributed by atoms with E-state index in [9.17, 15) is 4.79 Å². The molecule has 0 N–H and O–H groups in total. The molecule has 0 spiro atoms. The van der Waals surface area contributed by atoms with Crippen LogP contribution in [0.25, 0.3) is 0 Å². The summed E-state index contributed by atoms with van der Waals surface area (Å²) < 4.78 is 10.8. The van der Waals surface area contributed by atoms with Crippen LogP contribution in [0.1, 0.15) is 37.8 Å². The monoisotopic (exact) mass is 303 g/mol. The Balaban J connectivity index is 2.02. The Labute approximate surface area is 132 Å². The normalized spacial score (nSPS) is 19.0. The van der Waals surface area contributed by atoms with Gasteiger partial charge in [0.2, 0.25) is 0 Å². The van der Waals surface area contributed by atoms with Gasteiger partial charge in [0.15, 0.2) is 0 Å². The fourth-order valence-corrected chi connectivity index (χ4v) is 2.84. The van der Waals surface area contributed by atoms with E-state index in [1.807, 2.05) is 36.1 Å². The highest BCUT2D eigenvalue weighted by Crippen LogP contribution is 2.33. The molecular formula is C18H25NO3. The molecule has 1 fully saturated rings. The first-order chi connectivity index (χ1) is 10.7. The molecular weight excluding hydrogens is 278 g/mol. The maximum atomic E-state index is 12.6. The number of carbonyl (C=O) groups excluding carboxylic acids is 1. The molecule has 0 unspecified atom stereocenters. The van der Waals surface area contributed by atoms with E-state index in [0.29, 0.717) is 6.61 Å². The lowest BCUT2D eigenvalue weighted by molar-refractivity contribution is -0.143. The molecule has 2 rings (SSSR count). The van der Waals surface area contributed by atoms with Crippen LogP contribution in [-0.4, -0.2) is 37.2 Å². The van der Waals surface area contributed by atoms with E-state index in [1.165, 1.54) is 0 Å². The highest BCUT2D eigenvalue weighted by Gasteiger charge is 2.32. The van der Waals surface area contributed by atoms with Crippen molar-refractivity contribution < 1.29 is 14.3 Å². The van der Waals surface area contributed by atoms with Crippen LogP contribution in [0.2, 0.25) is 0 Å². The number of hydrogen-bond donors (Lipinski definition) is 0. The van der Waals surface area contributed by atoms with Crippen molar-refractivity contribution in [1.82, 2.24) is 4.90 Å². The van der Waals surface area contributed by atoms with Gasteiger partial charge >= 0.3 is 0 Å². The third-order valence-electron chi connectivity index (χ3n) is 4.07. The predicted molar refractivity (Wildman–Crippen MR) is 86.9 cm³/mol. The summed E-state index contributed by atoms with van der Waals surface area (Å²) in [5.41, 5.74) is 1.16. The summed E-state index contributed by atoms with van der Waals surface area (Å²) in [6.07, 6.45) is 4.19. The average Bonchev–Trinajstić information content (AvgIpc) is 3.03. The summed E-state index contributed by atoms with van der Waals surface area (Å²) >= 11 is 0. The molecule has 0 aliphatic carbocycles. The van der Waals surface area contributed by atoms with E-state index in [-0.39, 0.29) is 11.9 Å². The van der Waals surface area contributed by atoms with Gasteiger partial charge in [0.05, 0.1) is 19.8 Å². The molecule has 1 aliphatic heterocycles. The second kappa shape index (κ2) is 7.99. The summed E-state index contributed by atoms with van der Waals surface area (Å²) in [5, 5.41) is 0. The zero-order chi connectivity index (χ0) is 15.9. The summed E-state index contributed by atoms with van der Waals surface area (Å²) in [6.45, 7) is 6.82. The average molecular weight is 303 g/mol. The van der Waals surface area contributed by atoms with Crippen LogP contribution in [-0.2, 0) is 9.53 Å². The number of carbonyl (C=O) groups is 1. The van der Waals surface area contributed by atoms with Gasteiger partial charge in [-0.05, 0) is 43.9 Å². The van der Waals surface area contributed by atoms with Gasteiger partial charge in [-0.1, -0.05) is 18.2 Å². The maximum Gasteiger partial charge on any atom is 0.251 e. The first-order valence-electron chi connectivity index (χ1n) is 7.84. The number of rotatable bonds is 7. The highest BCUT2D eigenvalue weighted by molar-refractivity contribution is 5.81. The van der Waals surface area contributed by atoms with E-state index in [0.717, 1.165) is 37.1 Å². The Kier molecular flexibility index (Phi) is 6.01. The van der Waals surface area contributed by atoms with E-state index < -0.39 is 6.10 Å². The van der Waals surface area contributed by atoms with Crippen molar-refractivity contribution in [3.8, 4) is 5.75 Å². The van der Waals surface area contributed by atoms with Crippen molar-refractivity contribution in [3.05, 3.63) is 42.5 Å². The Morgan fingerprint density at radius 3 is 2.82 bits per heavy atom. The van der Waals surface area contributed by atoms with Crippen LogP contribution >= 0.6 is 0 Å². The summed E-state index contributed by atoms with van der Waals surface area (Å²) in [5.74, 6) is 0.906. The third-order valence-corrected chi connectivity index (χ3v) is 4.07. The zero-order valence-electron chi connectivity index (χ0n) is 13.5. The predicted octanol–water partition coefficient (Wildman–Crippen LogP) is 3.34. The molecule has 2 atom stereocenters. The molecule has 0 saturated carbocycles. The molecule has 1 aromatic carbocycles. The molecule has 1 aliphatic rings. The fraction of sp³-hybridized carbons (Fsp3) is 0.500. The number of benzene rings is 1. The minimum atomic E-state index is -0.404. The lowest BCUT2D eigenvalue weighted by atomic mass is 10.0. The van der Waals surface area contributed by atoms with Gasteiger partial charge < -0.3 is 14.4 Å². The van der Waals surface area contributed by atoms with Crippen molar-refractivity contribution in [2.75, 3.05) is 20.3 Å². The minimum Gasteiger partial charge on any atom is -0.497 e. The van der Waals surface area contributed by atoms with E-state index in [4.69, 9.17) is 9.47 Å². The number of nitrogens with zero attached hydrogens (tertiary/aromatic N) is 1. The minimum absolute atomic E-state index is 0.0716. The Hall–Kier alpha value is -1.81. The van der Waals surface area contributed by atoms with Crippen molar-refractivity contribution in [2.24, 2.45) is 0 Å². The molecule has 4 nitrogen and oxygen atoms in total. The molecule has 4 heteroatoms. The largest absolute Gasteiger partial charge is 0.497 e. The van der Waals surface area contributed by atoms with E-state index in [2.05, 4.69) is 6.58 Å². The van der Waals surface area contributed by atoms with Crippen LogP contribution in [0, 0.1) is 0 Å².